The van der Waals surface area contributed by atoms with Crippen molar-refractivity contribution in [2.45, 2.75) is 20.3 Å². The number of hydrogen-bond acceptors (Lipinski definition) is 2. The Labute approximate surface area is 89.1 Å². The first-order valence-corrected chi connectivity index (χ1v) is 5.71. The van der Waals surface area contributed by atoms with Crippen LogP contribution in [0.4, 0.5) is 10.5 Å². The first kappa shape index (κ1) is 11.1. The van der Waals surface area contributed by atoms with Crippen LogP contribution in [0.15, 0.2) is 24.3 Å². The van der Waals surface area contributed by atoms with Crippen molar-refractivity contribution in [1.29, 1.82) is 0 Å². The fourth-order valence-corrected chi connectivity index (χ4v) is 1.65. The second-order valence-electron chi connectivity index (χ2n) is 3.13. The maximum absolute atomic E-state index is 11.3. The number of benzene rings is 1. The molecule has 1 aromatic rings. The molecule has 1 N–H and O–H groups in total. The van der Waals surface area contributed by atoms with Crippen molar-refractivity contribution in [3.63, 3.8) is 0 Å². The highest BCUT2D eigenvalue weighted by Gasteiger charge is 2.01. The minimum atomic E-state index is 0.0254. The van der Waals surface area contributed by atoms with Gasteiger partial charge in [-0.1, -0.05) is 30.8 Å². The standard InChI is InChI=1S/C11H15NOS/c1-3-7-14-11(13)12-10-6-4-5-9(2)8-10/h4-6,8H,3,7H2,1-2H3,(H,12,13). The number of carbonyl (C=O) groups is 1. The lowest BCUT2D eigenvalue weighted by atomic mass is 10.2. The molecule has 0 aliphatic carbocycles. The van der Waals surface area contributed by atoms with E-state index in [1.54, 1.807) is 0 Å². The van der Waals surface area contributed by atoms with E-state index < -0.39 is 0 Å². The van der Waals surface area contributed by atoms with Crippen LogP contribution in [0.2, 0.25) is 0 Å². The third-order valence-corrected chi connectivity index (χ3v) is 2.68. The quantitative estimate of drug-likeness (QED) is 0.823. The molecule has 0 aliphatic heterocycles. The van der Waals surface area contributed by atoms with Gasteiger partial charge < -0.3 is 5.32 Å². The molecular formula is C11H15NOS. The van der Waals surface area contributed by atoms with Gasteiger partial charge in [0.25, 0.3) is 5.24 Å². The van der Waals surface area contributed by atoms with Gasteiger partial charge in [-0.05, 0) is 31.0 Å². The highest BCUT2D eigenvalue weighted by atomic mass is 32.2. The summed E-state index contributed by atoms with van der Waals surface area (Å²) < 4.78 is 0. The zero-order chi connectivity index (χ0) is 10.4. The summed E-state index contributed by atoms with van der Waals surface area (Å²) in [5.41, 5.74) is 2.03. The third-order valence-electron chi connectivity index (χ3n) is 1.70. The average molecular weight is 209 g/mol. The lowest BCUT2D eigenvalue weighted by Crippen LogP contribution is -2.05. The van der Waals surface area contributed by atoms with Crippen LogP contribution in [0.3, 0.4) is 0 Å². The lowest BCUT2D eigenvalue weighted by Gasteiger charge is -2.04. The number of nitrogens with one attached hydrogen (secondary N) is 1. The van der Waals surface area contributed by atoms with E-state index in [1.807, 2.05) is 31.2 Å². The Kier molecular flexibility index (Phi) is 4.53. The number of carbonyl (C=O) groups excluding carboxylic acids is 1. The predicted molar refractivity (Wildman–Crippen MR) is 62.9 cm³/mol. The van der Waals surface area contributed by atoms with E-state index in [9.17, 15) is 4.79 Å². The maximum Gasteiger partial charge on any atom is 0.283 e. The molecule has 1 aromatic carbocycles. The van der Waals surface area contributed by atoms with E-state index in [2.05, 4.69) is 12.2 Å². The molecule has 76 valence electrons. The number of thioether (sulfide) groups is 1. The van der Waals surface area contributed by atoms with Crippen LogP contribution in [-0.4, -0.2) is 11.0 Å². The van der Waals surface area contributed by atoms with Crippen molar-refractivity contribution in [3.8, 4) is 0 Å². The Morgan fingerprint density at radius 3 is 2.93 bits per heavy atom. The molecule has 0 saturated heterocycles. The monoisotopic (exact) mass is 209 g/mol. The van der Waals surface area contributed by atoms with Crippen LogP contribution in [0, 0.1) is 6.92 Å². The number of hydrogen-bond donors (Lipinski definition) is 1. The van der Waals surface area contributed by atoms with Gasteiger partial charge >= 0.3 is 0 Å². The average Bonchev–Trinajstić information content (AvgIpc) is 2.15. The fraction of sp³-hybridized carbons (Fsp3) is 0.364. The van der Waals surface area contributed by atoms with Gasteiger partial charge in [0.05, 0.1) is 0 Å². The smallest absolute Gasteiger partial charge is 0.283 e. The topological polar surface area (TPSA) is 29.1 Å². The van der Waals surface area contributed by atoms with E-state index in [-0.39, 0.29) is 5.24 Å². The molecule has 0 aromatic heterocycles. The summed E-state index contributed by atoms with van der Waals surface area (Å²) in [6.07, 6.45) is 1.02. The van der Waals surface area contributed by atoms with Gasteiger partial charge in [0.2, 0.25) is 0 Å². The second kappa shape index (κ2) is 5.70. The van der Waals surface area contributed by atoms with Gasteiger partial charge in [-0.3, -0.25) is 4.79 Å². The van der Waals surface area contributed by atoms with Gasteiger partial charge in [-0.25, -0.2) is 0 Å². The van der Waals surface area contributed by atoms with Crippen LogP contribution in [0.25, 0.3) is 0 Å². The largest absolute Gasteiger partial charge is 0.317 e. The second-order valence-corrected chi connectivity index (χ2v) is 4.20. The van der Waals surface area contributed by atoms with Gasteiger partial charge in [-0.15, -0.1) is 0 Å². The first-order chi connectivity index (χ1) is 6.72. The lowest BCUT2D eigenvalue weighted by molar-refractivity contribution is 0.270. The molecule has 0 heterocycles. The van der Waals surface area contributed by atoms with Crippen molar-refractivity contribution in [2.24, 2.45) is 0 Å². The summed E-state index contributed by atoms with van der Waals surface area (Å²) in [5.74, 6) is 0.873. The van der Waals surface area contributed by atoms with E-state index in [0.29, 0.717) is 0 Å². The Hall–Kier alpha value is -0.960. The van der Waals surface area contributed by atoms with Crippen molar-refractivity contribution >= 4 is 22.7 Å². The van der Waals surface area contributed by atoms with E-state index in [1.165, 1.54) is 11.8 Å². The first-order valence-electron chi connectivity index (χ1n) is 4.73. The third kappa shape index (κ3) is 3.83. The van der Waals surface area contributed by atoms with Gasteiger partial charge in [0.1, 0.15) is 0 Å². The molecule has 0 radical (unpaired) electrons. The zero-order valence-corrected chi connectivity index (χ0v) is 9.36. The van der Waals surface area contributed by atoms with Crippen LogP contribution in [0.1, 0.15) is 18.9 Å². The normalized spacial score (nSPS) is 9.86. The summed E-state index contributed by atoms with van der Waals surface area (Å²) in [7, 11) is 0. The summed E-state index contributed by atoms with van der Waals surface area (Å²) in [6, 6.07) is 7.81. The molecule has 0 spiro atoms. The summed E-state index contributed by atoms with van der Waals surface area (Å²) >= 11 is 1.33. The van der Waals surface area contributed by atoms with Crippen molar-refractivity contribution in [3.05, 3.63) is 29.8 Å². The molecule has 0 saturated carbocycles. The molecule has 3 heteroatoms. The summed E-state index contributed by atoms with van der Waals surface area (Å²) in [4.78, 5) is 11.3. The van der Waals surface area contributed by atoms with Gasteiger partial charge in [-0.2, -0.15) is 0 Å². The minimum absolute atomic E-state index is 0.0254. The van der Waals surface area contributed by atoms with Crippen molar-refractivity contribution in [1.82, 2.24) is 0 Å². The Morgan fingerprint density at radius 1 is 1.50 bits per heavy atom. The van der Waals surface area contributed by atoms with Crippen LogP contribution in [-0.2, 0) is 0 Å². The number of amides is 1. The van der Waals surface area contributed by atoms with Crippen LogP contribution >= 0.6 is 11.8 Å². The molecule has 0 fully saturated rings. The van der Waals surface area contributed by atoms with Gasteiger partial charge in [0, 0.05) is 11.4 Å². The fourth-order valence-electron chi connectivity index (χ4n) is 1.07. The molecule has 2 nitrogen and oxygen atoms in total. The van der Waals surface area contributed by atoms with E-state index in [4.69, 9.17) is 0 Å². The predicted octanol–water partition coefficient (Wildman–Crippen LogP) is 3.67. The van der Waals surface area contributed by atoms with Crippen molar-refractivity contribution < 1.29 is 4.79 Å². The Bertz CT molecular complexity index is 312. The molecule has 14 heavy (non-hydrogen) atoms. The molecule has 0 bridgehead atoms. The van der Waals surface area contributed by atoms with Crippen LogP contribution < -0.4 is 5.32 Å². The molecule has 1 rings (SSSR count). The van der Waals surface area contributed by atoms with E-state index in [0.717, 1.165) is 23.4 Å². The van der Waals surface area contributed by atoms with E-state index >= 15 is 0 Å². The molecule has 0 unspecified atom stereocenters. The number of rotatable bonds is 3. The molecule has 0 atom stereocenters. The molecule has 0 aliphatic rings. The number of anilines is 1. The minimum Gasteiger partial charge on any atom is -0.317 e. The molecular weight excluding hydrogens is 194 g/mol. The highest BCUT2D eigenvalue weighted by molar-refractivity contribution is 8.13. The van der Waals surface area contributed by atoms with Crippen LogP contribution in [0.5, 0.6) is 0 Å². The Morgan fingerprint density at radius 2 is 2.29 bits per heavy atom. The summed E-state index contributed by atoms with van der Waals surface area (Å²) in [5, 5.41) is 2.87. The molecule has 1 amide bonds. The van der Waals surface area contributed by atoms with Crippen molar-refractivity contribution in [2.75, 3.05) is 11.1 Å². The number of aryl methyl sites for hydroxylation is 1. The summed E-state index contributed by atoms with van der Waals surface area (Å²) in [6.45, 7) is 4.07. The Balaban J connectivity index is 2.47. The van der Waals surface area contributed by atoms with Gasteiger partial charge in [0.15, 0.2) is 0 Å². The zero-order valence-electron chi connectivity index (χ0n) is 8.54. The SMILES string of the molecule is CCCSC(=O)Nc1cccc(C)c1. The highest BCUT2D eigenvalue weighted by Crippen LogP contribution is 2.13. The maximum atomic E-state index is 11.3.